The van der Waals surface area contributed by atoms with Crippen molar-refractivity contribution in [3.63, 3.8) is 0 Å². The molecule has 5 heteroatoms. The monoisotopic (exact) mass is 252 g/mol. The molecule has 1 saturated carbocycles. The summed E-state index contributed by atoms with van der Waals surface area (Å²) < 4.78 is 5.58. The summed E-state index contributed by atoms with van der Waals surface area (Å²) in [7, 11) is 0. The topological polar surface area (TPSA) is 63.0 Å². The Balaban J connectivity index is 1.89. The molecule has 5 nitrogen and oxygen atoms in total. The normalized spacial score (nSPS) is 24.8. The molecule has 18 heavy (non-hydrogen) atoms. The van der Waals surface area contributed by atoms with Gasteiger partial charge in [0, 0.05) is 6.04 Å². The Morgan fingerprint density at radius 3 is 2.89 bits per heavy atom. The minimum atomic E-state index is 0.472. The fourth-order valence-electron chi connectivity index (χ4n) is 2.48. The third kappa shape index (κ3) is 3.70. The van der Waals surface area contributed by atoms with Gasteiger partial charge in [-0.05, 0) is 25.3 Å². The third-order valence-corrected chi connectivity index (χ3v) is 3.66. The highest BCUT2D eigenvalue weighted by Crippen LogP contribution is 2.25. The second-order valence-electron chi connectivity index (χ2n) is 5.15. The molecule has 1 aromatic rings. The summed E-state index contributed by atoms with van der Waals surface area (Å²) >= 11 is 0. The van der Waals surface area contributed by atoms with Crippen LogP contribution in [0.4, 0.5) is 6.01 Å². The maximum atomic E-state index is 5.58. The Morgan fingerprint density at radius 1 is 1.22 bits per heavy atom. The fourth-order valence-corrected chi connectivity index (χ4v) is 2.48. The molecule has 2 N–H and O–H groups in total. The van der Waals surface area contributed by atoms with Crippen LogP contribution in [0.2, 0.25) is 0 Å². The molecule has 1 aliphatic rings. The smallest absolute Gasteiger partial charge is 0.315 e. The first-order chi connectivity index (χ1) is 8.79. The van der Waals surface area contributed by atoms with Crippen LogP contribution < -0.4 is 10.6 Å². The van der Waals surface area contributed by atoms with Crippen molar-refractivity contribution < 1.29 is 4.42 Å². The molecular weight excluding hydrogens is 228 g/mol. The maximum Gasteiger partial charge on any atom is 0.315 e. The highest BCUT2D eigenvalue weighted by Gasteiger charge is 2.21. The third-order valence-electron chi connectivity index (χ3n) is 3.66. The van der Waals surface area contributed by atoms with Crippen molar-refractivity contribution in [2.75, 3.05) is 11.9 Å². The van der Waals surface area contributed by atoms with Crippen molar-refractivity contribution in [3.05, 3.63) is 5.89 Å². The highest BCUT2D eigenvalue weighted by molar-refractivity contribution is 5.20. The number of hydrogen-bond acceptors (Lipinski definition) is 5. The molecule has 2 rings (SSSR count). The van der Waals surface area contributed by atoms with E-state index in [2.05, 4.69) is 34.7 Å². The Labute approximate surface area is 109 Å². The molecule has 1 heterocycles. The van der Waals surface area contributed by atoms with Crippen LogP contribution >= 0.6 is 0 Å². The summed E-state index contributed by atoms with van der Waals surface area (Å²) in [4.78, 5) is 0. The van der Waals surface area contributed by atoms with Gasteiger partial charge in [-0.25, -0.2) is 0 Å². The minimum Gasteiger partial charge on any atom is -0.407 e. The molecular formula is C13H24N4O. The first-order valence-corrected chi connectivity index (χ1v) is 7.09. The summed E-state index contributed by atoms with van der Waals surface area (Å²) in [6.07, 6.45) is 6.47. The SMILES string of the molecule is CCNCc1nnc(NC2CCCCCC2C)o1. The number of hydrogen-bond donors (Lipinski definition) is 2. The van der Waals surface area contributed by atoms with E-state index in [4.69, 9.17) is 4.42 Å². The van der Waals surface area contributed by atoms with E-state index in [1.807, 2.05) is 0 Å². The van der Waals surface area contributed by atoms with Gasteiger partial charge in [0.05, 0.1) is 6.54 Å². The fraction of sp³-hybridized carbons (Fsp3) is 0.846. The van der Waals surface area contributed by atoms with Gasteiger partial charge < -0.3 is 15.1 Å². The zero-order valence-corrected chi connectivity index (χ0v) is 11.4. The molecule has 1 aromatic heterocycles. The van der Waals surface area contributed by atoms with Gasteiger partial charge in [0.2, 0.25) is 5.89 Å². The second-order valence-corrected chi connectivity index (χ2v) is 5.15. The van der Waals surface area contributed by atoms with Crippen molar-refractivity contribution in [2.24, 2.45) is 5.92 Å². The molecule has 0 aromatic carbocycles. The van der Waals surface area contributed by atoms with Crippen LogP contribution in [0.25, 0.3) is 0 Å². The number of nitrogens with zero attached hydrogens (tertiary/aromatic N) is 2. The van der Waals surface area contributed by atoms with E-state index in [1.54, 1.807) is 0 Å². The van der Waals surface area contributed by atoms with Gasteiger partial charge in [-0.15, -0.1) is 5.10 Å². The van der Waals surface area contributed by atoms with Gasteiger partial charge in [-0.3, -0.25) is 0 Å². The van der Waals surface area contributed by atoms with Crippen molar-refractivity contribution in [3.8, 4) is 0 Å². The average Bonchev–Trinajstić information content (AvgIpc) is 2.72. The van der Waals surface area contributed by atoms with E-state index >= 15 is 0 Å². The quantitative estimate of drug-likeness (QED) is 0.789. The van der Waals surface area contributed by atoms with Crippen LogP contribution in [0.1, 0.15) is 51.8 Å². The Bertz CT molecular complexity index is 353. The predicted octanol–water partition coefficient (Wildman–Crippen LogP) is 2.56. The van der Waals surface area contributed by atoms with E-state index in [0.29, 0.717) is 30.4 Å². The van der Waals surface area contributed by atoms with E-state index < -0.39 is 0 Å². The summed E-state index contributed by atoms with van der Waals surface area (Å²) in [5.74, 6) is 1.33. The lowest BCUT2D eigenvalue weighted by atomic mass is 9.97. The van der Waals surface area contributed by atoms with Crippen LogP contribution in [0.15, 0.2) is 4.42 Å². The number of nitrogens with one attached hydrogen (secondary N) is 2. The highest BCUT2D eigenvalue weighted by atomic mass is 16.4. The Hall–Kier alpha value is -1.10. The minimum absolute atomic E-state index is 0.472. The lowest BCUT2D eigenvalue weighted by molar-refractivity contribution is 0.429. The molecule has 2 unspecified atom stereocenters. The molecule has 0 spiro atoms. The molecule has 2 atom stereocenters. The van der Waals surface area contributed by atoms with E-state index in [0.717, 1.165) is 6.54 Å². The van der Waals surface area contributed by atoms with Crippen LogP contribution in [0, 0.1) is 5.92 Å². The number of rotatable bonds is 5. The lowest BCUT2D eigenvalue weighted by Gasteiger charge is -2.21. The molecule has 0 bridgehead atoms. The van der Waals surface area contributed by atoms with Crippen molar-refractivity contribution >= 4 is 6.01 Å². The molecule has 0 saturated heterocycles. The van der Waals surface area contributed by atoms with Gasteiger partial charge in [0.25, 0.3) is 0 Å². The molecule has 102 valence electrons. The largest absolute Gasteiger partial charge is 0.407 e. The number of aromatic nitrogens is 2. The van der Waals surface area contributed by atoms with Crippen molar-refractivity contribution in [1.82, 2.24) is 15.5 Å². The number of anilines is 1. The van der Waals surface area contributed by atoms with Crippen LogP contribution in [-0.2, 0) is 6.54 Å². The van der Waals surface area contributed by atoms with Gasteiger partial charge in [0.15, 0.2) is 0 Å². The van der Waals surface area contributed by atoms with E-state index in [1.165, 1.54) is 32.1 Å². The van der Waals surface area contributed by atoms with Gasteiger partial charge in [0.1, 0.15) is 0 Å². The first kappa shape index (κ1) is 13.3. The molecule has 1 aliphatic carbocycles. The van der Waals surface area contributed by atoms with Gasteiger partial charge >= 0.3 is 6.01 Å². The molecule has 0 radical (unpaired) electrons. The van der Waals surface area contributed by atoms with Crippen LogP contribution in [-0.4, -0.2) is 22.8 Å². The lowest BCUT2D eigenvalue weighted by Crippen LogP contribution is -2.26. The zero-order valence-electron chi connectivity index (χ0n) is 11.4. The zero-order chi connectivity index (χ0) is 12.8. The molecule has 0 aliphatic heterocycles. The Morgan fingerprint density at radius 2 is 2.06 bits per heavy atom. The summed E-state index contributed by atoms with van der Waals surface area (Å²) in [5.41, 5.74) is 0. The van der Waals surface area contributed by atoms with Crippen molar-refractivity contribution in [1.29, 1.82) is 0 Å². The van der Waals surface area contributed by atoms with Crippen molar-refractivity contribution in [2.45, 2.75) is 58.5 Å². The second kappa shape index (κ2) is 6.73. The van der Waals surface area contributed by atoms with Gasteiger partial charge in [-0.2, -0.15) is 0 Å². The predicted molar refractivity (Wildman–Crippen MR) is 71.3 cm³/mol. The van der Waals surface area contributed by atoms with E-state index in [9.17, 15) is 0 Å². The Kier molecular flexibility index (Phi) is 4.99. The first-order valence-electron chi connectivity index (χ1n) is 7.09. The van der Waals surface area contributed by atoms with E-state index in [-0.39, 0.29) is 0 Å². The average molecular weight is 252 g/mol. The summed E-state index contributed by atoms with van der Waals surface area (Å²) in [5, 5.41) is 14.7. The van der Waals surface area contributed by atoms with Crippen LogP contribution in [0.3, 0.4) is 0 Å². The standard InChI is InChI=1S/C13H24N4O/c1-3-14-9-12-16-17-13(18-12)15-11-8-6-4-5-7-10(11)2/h10-11,14H,3-9H2,1-2H3,(H,15,17). The summed E-state index contributed by atoms with van der Waals surface area (Å²) in [6.45, 7) is 5.91. The van der Waals surface area contributed by atoms with Crippen LogP contribution in [0.5, 0.6) is 0 Å². The molecule has 0 amide bonds. The summed E-state index contributed by atoms with van der Waals surface area (Å²) in [6, 6.07) is 1.04. The molecule has 1 fully saturated rings. The van der Waals surface area contributed by atoms with Gasteiger partial charge in [-0.1, -0.05) is 38.2 Å². The maximum absolute atomic E-state index is 5.58.